The topological polar surface area (TPSA) is 53.1 Å². The normalized spacial score (nSPS) is 10.4. The van der Waals surface area contributed by atoms with Crippen molar-refractivity contribution in [3.05, 3.63) is 46.2 Å². The summed E-state index contributed by atoms with van der Waals surface area (Å²) in [5.74, 6) is -1.00. The third-order valence-electron chi connectivity index (χ3n) is 2.11. The molecule has 5 heteroatoms. The van der Waals surface area contributed by atoms with Crippen molar-refractivity contribution in [2.24, 2.45) is 0 Å². The van der Waals surface area contributed by atoms with Crippen molar-refractivity contribution in [1.82, 2.24) is 4.98 Å². The van der Waals surface area contributed by atoms with Gasteiger partial charge in [-0.3, -0.25) is 0 Å². The summed E-state index contributed by atoms with van der Waals surface area (Å²) in [6.45, 7) is 0. The molecule has 2 aromatic rings. The number of hydrogen-bond acceptors (Lipinski definition) is 1. The first-order valence-corrected chi connectivity index (χ1v) is 5.20. The van der Waals surface area contributed by atoms with Crippen LogP contribution in [0.4, 0.5) is 0 Å². The average molecular weight is 256 g/mol. The van der Waals surface area contributed by atoms with Crippen molar-refractivity contribution >= 4 is 29.2 Å². The zero-order chi connectivity index (χ0) is 11.7. The number of aromatic nitrogens is 1. The van der Waals surface area contributed by atoms with Crippen molar-refractivity contribution in [1.29, 1.82) is 0 Å². The first kappa shape index (κ1) is 11.0. The van der Waals surface area contributed by atoms with Gasteiger partial charge in [0.1, 0.15) is 5.69 Å². The van der Waals surface area contributed by atoms with E-state index in [1.807, 2.05) is 0 Å². The molecule has 2 rings (SSSR count). The summed E-state index contributed by atoms with van der Waals surface area (Å²) in [7, 11) is 0. The molecule has 0 saturated carbocycles. The minimum atomic E-state index is -1.00. The molecule has 0 atom stereocenters. The molecule has 0 spiro atoms. The first-order valence-electron chi connectivity index (χ1n) is 4.44. The summed E-state index contributed by atoms with van der Waals surface area (Å²) < 4.78 is 0. The molecule has 1 aromatic heterocycles. The third kappa shape index (κ3) is 2.21. The van der Waals surface area contributed by atoms with E-state index < -0.39 is 5.97 Å². The molecule has 0 saturated heterocycles. The Morgan fingerprint density at radius 2 is 1.69 bits per heavy atom. The Hall–Kier alpha value is -1.45. The van der Waals surface area contributed by atoms with Crippen LogP contribution in [-0.2, 0) is 0 Å². The Bertz CT molecular complexity index is 528. The fourth-order valence-corrected chi connectivity index (χ4v) is 1.93. The Balaban J connectivity index is 2.46. The largest absolute Gasteiger partial charge is 0.477 e. The lowest BCUT2D eigenvalue weighted by Crippen LogP contribution is -1.94. The Kier molecular flexibility index (Phi) is 2.90. The average Bonchev–Trinajstić information content (AvgIpc) is 2.64. The highest BCUT2D eigenvalue weighted by Crippen LogP contribution is 2.27. The van der Waals surface area contributed by atoms with Crippen molar-refractivity contribution in [3.8, 4) is 11.1 Å². The zero-order valence-corrected chi connectivity index (χ0v) is 9.51. The SMILES string of the molecule is O=C(O)c1cc(-c2cc(Cl)cc(Cl)c2)c[nH]1. The molecule has 0 aliphatic rings. The van der Waals surface area contributed by atoms with Crippen molar-refractivity contribution in [2.75, 3.05) is 0 Å². The van der Waals surface area contributed by atoms with Gasteiger partial charge in [0.15, 0.2) is 0 Å². The molecule has 0 aliphatic heterocycles. The number of hydrogen-bond donors (Lipinski definition) is 2. The molecule has 0 radical (unpaired) electrons. The molecule has 0 aliphatic carbocycles. The number of aromatic carboxylic acids is 1. The molecule has 0 amide bonds. The van der Waals surface area contributed by atoms with Crippen LogP contribution in [0.15, 0.2) is 30.5 Å². The number of carbonyl (C=O) groups is 1. The van der Waals surface area contributed by atoms with E-state index in [1.54, 1.807) is 24.4 Å². The molecule has 1 heterocycles. The number of carboxylic acids is 1. The maximum absolute atomic E-state index is 10.7. The lowest BCUT2D eigenvalue weighted by Gasteiger charge is -1.99. The number of carboxylic acid groups (broad SMARTS) is 1. The number of benzene rings is 1. The van der Waals surface area contributed by atoms with Crippen LogP contribution in [0.3, 0.4) is 0 Å². The van der Waals surface area contributed by atoms with E-state index in [2.05, 4.69) is 4.98 Å². The van der Waals surface area contributed by atoms with Gasteiger partial charge in [-0.2, -0.15) is 0 Å². The lowest BCUT2D eigenvalue weighted by atomic mass is 10.1. The highest BCUT2D eigenvalue weighted by molar-refractivity contribution is 6.35. The van der Waals surface area contributed by atoms with Crippen LogP contribution >= 0.6 is 23.2 Å². The summed E-state index contributed by atoms with van der Waals surface area (Å²) in [6.07, 6.45) is 1.60. The maximum atomic E-state index is 10.7. The second kappa shape index (κ2) is 4.20. The molecular formula is C11H7Cl2NO2. The van der Waals surface area contributed by atoms with Crippen molar-refractivity contribution in [2.45, 2.75) is 0 Å². The predicted molar refractivity (Wildman–Crippen MR) is 63.2 cm³/mol. The summed E-state index contributed by atoms with van der Waals surface area (Å²) in [5, 5.41) is 9.80. The smallest absolute Gasteiger partial charge is 0.352 e. The molecule has 0 bridgehead atoms. The van der Waals surface area contributed by atoms with Gasteiger partial charge in [-0.05, 0) is 29.8 Å². The second-order valence-electron chi connectivity index (χ2n) is 3.27. The molecular weight excluding hydrogens is 249 g/mol. The van der Waals surface area contributed by atoms with Crippen molar-refractivity contribution in [3.63, 3.8) is 0 Å². The van der Waals surface area contributed by atoms with E-state index in [9.17, 15) is 4.79 Å². The number of rotatable bonds is 2. The molecule has 3 nitrogen and oxygen atoms in total. The van der Waals surface area contributed by atoms with Gasteiger partial charge in [0.25, 0.3) is 0 Å². The first-order chi connectivity index (χ1) is 7.56. The van der Waals surface area contributed by atoms with E-state index in [0.717, 1.165) is 11.1 Å². The fourth-order valence-electron chi connectivity index (χ4n) is 1.40. The molecule has 0 fully saturated rings. The van der Waals surface area contributed by atoms with Crippen LogP contribution in [0.5, 0.6) is 0 Å². The van der Waals surface area contributed by atoms with E-state index in [-0.39, 0.29) is 5.69 Å². The summed E-state index contributed by atoms with van der Waals surface area (Å²) >= 11 is 11.7. The van der Waals surface area contributed by atoms with Gasteiger partial charge in [0.05, 0.1) is 0 Å². The zero-order valence-electron chi connectivity index (χ0n) is 8.00. The Labute approximate surface area is 102 Å². The van der Waals surface area contributed by atoms with Crippen LogP contribution in [0, 0.1) is 0 Å². The van der Waals surface area contributed by atoms with E-state index >= 15 is 0 Å². The highest BCUT2D eigenvalue weighted by Gasteiger charge is 2.08. The van der Waals surface area contributed by atoms with Crippen LogP contribution < -0.4 is 0 Å². The molecule has 1 aromatic carbocycles. The van der Waals surface area contributed by atoms with Gasteiger partial charge in [-0.15, -0.1) is 0 Å². The van der Waals surface area contributed by atoms with Crippen LogP contribution in [0.2, 0.25) is 10.0 Å². The number of nitrogens with one attached hydrogen (secondary N) is 1. The molecule has 0 unspecified atom stereocenters. The highest BCUT2D eigenvalue weighted by atomic mass is 35.5. The molecule has 82 valence electrons. The van der Waals surface area contributed by atoms with Gasteiger partial charge in [-0.25, -0.2) is 4.79 Å². The minimum absolute atomic E-state index is 0.131. The van der Waals surface area contributed by atoms with Crippen molar-refractivity contribution < 1.29 is 9.90 Å². The van der Waals surface area contributed by atoms with E-state index in [0.29, 0.717) is 10.0 Å². The molecule has 16 heavy (non-hydrogen) atoms. The fraction of sp³-hybridized carbons (Fsp3) is 0. The standard InChI is InChI=1S/C11H7Cl2NO2/c12-8-1-6(2-9(13)4-8)7-3-10(11(15)16)14-5-7/h1-5,14H,(H,15,16). The Morgan fingerprint density at radius 1 is 1.06 bits per heavy atom. The van der Waals surface area contributed by atoms with Gasteiger partial charge >= 0.3 is 5.97 Å². The monoisotopic (exact) mass is 255 g/mol. The minimum Gasteiger partial charge on any atom is -0.477 e. The quantitative estimate of drug-likeness (QED) is 0.860. The van der Waals surface area contributed by atoms with Gasteiger partial charge in [0.2, 0.25) is 0 Å². The van der Waals surface area contributed by atoms with E-state index in [1.165, 1.54) is 6.07 Å². The van der Waals surface area contributed by atoms with Gasteiger partial charge < -0.3 is 10.1 Å². The summed E-state index contributed by atoms with van der Waals surface area (Å²) in [5.41, 5.74) is 1.65. The number of H-pyrrole nitrogens is 1. The second-order valence-corrected chi connectivity index (χ2v) is 4.14. The summed E-state index contributed by atoms with van der Waals surface area (Å²) in [6, 6.07) is 6.60. The predicted octanol–water partition coefficient (Wildman–Crippen LogP) is 3.69. The number of aromatic amines is 1. The lowest BCUT2D eigenvalue weighted by molar-refractivity contribution is 0.0691. The van der Waals surface area contributed by atoms with E-state index in [4.69, 9.17) is 28.3 Å². The van der Waals surface area contributed by atoms with Gasteiger partial charge in [0, 0.05) is 21.8 Å². The van der Waals surface area contributed by atoms with Crippen LogP contribution in [0.25, 0.3) is 11.1 Å². The van der Waals surface area contributed by atoms with Crippen LogP contribution in [-0.4, -0.2) is 16.1 Å². The molecule has 2 N–H and O–H groups in total. The maximum Gasteiger partial charge on any atom is 0.352 e. The summed E-state index contributed by atoms with van der Waals surface area (Å²) in [4.78, 5) is 13.4. The third-order valence-corrected chi connectivity index (χ3v) is 2.55. The number of halogens is 2. The Morgan fingerprint density at radius 3 is 2.19 bits per heavy atom. The van der Waals surface area contributed by atoms with Gasteiger partial charge in [-0.1, -0.05) is 23.2 Å². The van der Waals surface area contributed by atoms with Crippen LogP contribution in [0.1, 0.15) is 10.5 Å².